The Balaban J connectivity index is 1.86. The summed E-state index contributed by atoms with van der Waals surface area (Å²) in [5.74, 6) is 0.928. The lowest BCUT2D eigenvalue weighted by Crippen LogP contribution is -2.39. The molecule has 0 saturated carbocycles. The average Bonchev–Trinajstić information content (AvgIpc) is 3.10. The number of rotatable bonds is 6. The van der Waals surface area contributed by atoms with Crippen molar-refractivity contribution in [3.63, 3.8) is 0 Å². The lowest BCUT2D eigenvalue weighted by molar-refractivity contribution is 0.0270. The van der Waals surface area contributed by atoms with Crippen LogP contribution in [-0.4, -0.2) is 52.7 Å². The third-order valence-electron chi connectivity index (χ3n) is 4.79. The van der Waals surface area contributed by atoms with E-state index in [4.69, 9.17) is 16.3 Å². The minimum atomic E-state index is -0.482. The first-order valence-electron chi connectivity index (χ1n) is 10.6. The molecule has 0 bridgehead atoms. The van der Waals surface area contributed by atoms with Crippen LogP contribution in [0.3, 0.4) is 0 Å². The van der Waals surface area contributed by atoms with Crippen LogP contribution in [0.5, 0.6) is 0 Å². The summed E-state index contributed by atoms with van der Waals surface area (Å²) in [6.07, 6.45) is 4.74. The molecule has 1 aliphatic rings. The highest BCUT2D eigenvalue weighted by Gasteiger charge is 2.25. The highest BCUT2D eigenvalue weighted by atomic mass is 35.5. The maximum Gasteiger partial charge on any atom is 0.410 e. The SMILES string of the molecule is CCCN(CCC)c1nc(Cl)nc2cc(C3=CCN(C(=O)OC(C)(C)C)CC3)sc12. The number of anilines is 1. The van der Waals surface area contributed by atoms with Crippen molar-refractivity contribution in [3.8, 4) is 0 Å². The molecule has 8 heteroatoms. The number of hydrogen-bond donors (Lipinski definition) is 0. The molecule has 1 aliphatic heterocycles. The van der Waals surface area contributed by atoms with Crippen molar-refractivity contribution in [1.29, 1.82) is 0 Å². The number of amides is 1. The smallest absolute Gasteiger partial charge is 0.410 e. The molecule has 0 aromatic carbocycles. The van der Waals surface area contributed by atoms with Gasteiger partial charge in [-0.15, -0.1) is 11.3 Å². The summed E-state index contributed by atoms with van der Waals surface area (Å²) in [6.45, 7) is 13.1. The molecule has 2 aromatic heterocycles. The summed E-state index contributed by atoms with van der Waals surface area (Å²) in [7, 11) is 0. The van der Waals surface area contributed by atoms with Crippen molar-refractivity contribution < 1.29 is 9.53 Å². The monoisotopic (exact) mass is 450 g/mol. The first kappa shape index (κ1) is 22.8. The zero-order valence-electron chi connectivity index (χ0n) is 18.5. The van der Waals surface area contributed by atoms with Crippen LogP contribution in [0.25, 0.3) is 15.8 Å². The Morgan fingerprint density at radius 3 is 2.53 bits per heavy atom. The third-order valence-corrected chi connectivity index (χ3v) is 6.16. The number of fused-ring (bicyclic) bond motifs is 1. The highest BCUT2D eigenvalue weighted by molar-refractivity contribution is 7.20. The molecule has 0 N–H and O–H groups in total. The molecule has 1 amide bonds. The van der Waals surface area contributed by atoms with Crippen LogP contribution in [0.1, 0.15) is 58.8 Å². The normalized spacial score (nSPS) is 14.7. The summed E-state index contributed by atoms with van der Waals surface area (Å²) in [6, 6.07) is 2.10. The number of carbonyl (C=O) groups excluding carboxylic acids is 1. The molecule has 3 rings (SSSR count). The Bertz CT molecular complexity index is 929. The minimum absolute atomic E-state index is 0.260. The summed E-state index contributed by atoms with van der Waals surface area (Å²) in [5.41, 5.74) is 1.64. The van der Waals surface area contributed by atoms with Gasteiger partial charge in [-0.3, -0.25) is 0 Å². The molecule has 164 valence electrons. The molecule has 0 spiro atoms. The number of ether oxygens (including phenoxy) is 1. The molecule has 0 atom stereocenters. The lowest BCUT2D eigenvalue weighted by atomic mass is 10.1. The van der Waals surface area contributed by atoms with E-state index in [0.717, 1.165) is 48.4 Å². The van der Waals surface area contributed by atoms with E-state index in [9.17, 15) is 4.79 Å². The Kier molecular flexibility index (Phi) is 7.24. The molecule has 0 radical (unpaired) electrons. The van der Waals surface area contributed by atoms with E-state index in [1.807, 2.05) is 20.8 Å². The van der Waals surface area contributed by atoms with Crippen LogP contribution < -0.4 is 4.90 Å². The number of halogens is 1. The zero-order valence-corrected chi connectivity index (χ0v) is 20.1. The number of hydrogen-bond acceptors (Lipinski definition) is 6. The second-order valence-corrected chi connectivity index (χ2v) is 9.92. The molecule has 30 heavy (non-hydrogen) atoms. The fourth-order valence-electron chi connectivity index (χ4n) is 3.51. The number of nitrogens with zero attached hydrogens (tertiary/aromatic N) is 4. The van der Waals surface area contributed by atoms with Gasteiger partial charge in [0.2, 0.25) is 5.28 Å². The van der Waals surface area contributed by atoms with Gasteiger partial charge in [-0.1, -0.05) is 19.9 Å². The van der Waals surface area contributed by atoms with Gasteiger partial charge in [-0.05, 0) is 63.3 Å². The number of thiophene rings is 1. The molecule has 0 saturated heterocycles. The highest BCUT2D eigenvalue weighted by Crippen LogP contribution is 2.37. The van der Waals surface area contributed by atoms with Crippen LogP contribution in [0.4, 0.5) is 10.6 Å². The predicted octanol–water partition coefficient (Wildman–Crippen LogP) is 6.00. The zero-order chi connectivity index (χ0) is 21.9. The Hall–Kier alpha value is -1.86. The van der Waals surface area contributed by atoms with Crippen LogP contribution >= 0.6 is 22.9 Å². The van der Waals surface area contributed by atoms with Gasteiger partial charge in [0.25, 0.3) is 0 Å². The lowest BCUT2D eigenvalue weighted by Gasteiger charge is -2.29. The summed E-state index contributed by atoms with van der Waals surface area (Å²) < 4.78 is 6.56. The molecule has 0 fully saturated rings. The van der Waals surface area contributed by atoms with Gasteiger partial charge in [-0.25, -0.2) is 9.78 Å². The predicted molar refractivity (Wildman–Crippen MR) is 126 cm³/mol. The molecule has 2 aromatic rings. The van der Waals surface area contributed by atoms with E-state index < -0.39 is 5.60 Å². The van der Waals surface area contributed by atoms with Gasteiger partial charge >= 0.3 is 6.09 Å². The van der Waals surface area contributed by atoms with Gasteiger partial charge < -0.3 is 14.5 Å². The number of aromatic nitrogens is 2. The summed E-state index contributed by atoms with van der Waals surface area (Å²) in [4.78, 5) is 26.6. The van der Waals surface area contributed by atoms with Crippen molar-refractivity contribution in [2.75, 3.05) is 31.1 Å². The van der Waals surface area contributed by atoms with Crippen LogP contribution in [0.15, 0.2) is 12.1 Å². The fraction of sp³-hybridized carbons (Fsp3) is 0.591. The first-order chi connectivity index (χ1) is 14.2. The number of carbonyl (C=O) groups is 1. The van der Waals surface area contributed by atoms with Gasteiger partial charge in [0, 0.05) is 31.1 Å². The summed E-state index contributed by atoms with van der Waals surface area (Å²) >= 11 is 7.96. The van der Waals surface area contributed by atoms with E-state index in [0.29, 0.717) is 13.1 Å². The summed E-state index contributed by atoms with van der Waals surface area (Å²) in [5, 5.41) is 0.285. The van der Waals surface area contributed by atoms with Gasteiger partial charge in [0.15, 0.2) is 5.82 Å². The second-order valence-electron chi connectivity index (χ2n) is 8.53. The standard InChI is InChI=1S/C22H31ClN4O2S/c1-6-10-26(11-7-2)19-18-16(24-20(23)25-19)14-17(30-18)15-8-12-27(13-9-15)21(28)29-22(3,4)5/h8,14H,6-7,9-13H2,1-5H3. The van der Waals surface area contributed by atoms with E-state index in [1.54, 1.807) is 16.2 Å². The van der Waals surface area contributed by atoms with Crippen molar-refractivity contribution >= 4 is 50.6 Å². The van der Waals surface area contributed by atoms with Gasteiger partial charge in [0.05, 0.1) is 10.2 Å². The maximum atomic E-state index is 12.3. The maximum absolute atomic E-state index is 12.3. The van der Waals surface area contributed by atoms with Crippen molar-refractivity contribution in [1.82, 2.24) is 14.9 Å². The van der Waals surface area contributed by atoms with Crippen molar-refractivity contribution in [3.05, 3.63) is 22.3 Å². The van der Waals surface area contributed by atoms with Crippen LogP contribution in [-0.2, 0) is 4.74 Å². The largest absolute Gasteiger partial charge is 0.444 e. The van der Waals surface area contributed by atoms with Gasteiger partial charge in [0.1, 0.15) is 5.60 Å². The second kappa shape index (κ2) is 9.52. The van der Waals surface area contributed by atoms with E-state index in [2.05, 4.69) is 40.9 Å². The molecule has 0 unspecified atom stereocenters. The van der Waals surface area contributed by atoms with E-state index in [1.165, 1.54) is 10.5 Å². The Labute approximate surface area is 187 Å². The first-order valence-corrected chi connectivity index (χ1v) is 11.8. The molecule has 6 nitrogen and oxygen atoms in total. The Morgan fingerprint density at radius 2 is 1.97 bits per heavy atom. The van der Waals surface area contributed by atoms with Gasteiger partial charge in [-0.2, -0.15) is 4.98 Å². The van der Waals surface area contributed by atoms with Crippen LogP contribution in [0, 0.1) is 0 Å². The fourth-order valence-corrected chi connectivity index (χ4v) is 4.86. The van der Waals surface area contributed by atoms with Crippen LogP contribution in [0.2, 0.25) is 5.28 Å². The molecular weight excluding hydrogens is 420 g/mol. The average molecular weight is 451 g/mol. The van der Waals surface area contributed by atoms with Crippen molar-refractivity contribution in [2.45, 2.75) is 59.5 Å². The van der Waals surface area contributed by atoms with Crippen molar-refractivity contribution in [2.24, 2.45) is 0 Å². The third kappa shape index (κ3) is 5.43. The quantitative estimate of drug-likeness (QED) is 0.505. The van der Waals surface area contributed by atoms with E-state index >= 15 is 0 Å². The molecule has 0 aliphatic carbocycles. The minimum Gasteiger partial charge on any atom is -0.444 e. The van der Waals surface area contributed by atoms with E-state index in [-0.39, 0.29) is 11.4 Å². The Morgan fingerprint density at radius 1 is 1.27 bits per heavy atom. The topological polar surface area (TPSA) is 58.6 Å². The molecule has 3 heterocycles. The molecular formula is C22H31ClN4O2S.